The maximum atomic E-state index is 12.6. The molecule has 22 heavy (non-hydrogen) atoms. The first-order valence-electron chi connectivity index (χ1n) is 7.44. The van der Waals surface area contributed by atoms with Crippen LogP contribution in [-0.4, -0.2) is 40.2 Å². The first-order chi connectivity index (χ1) is 10.6. The van der Waals surface area contributed by atoms with Gasteiger partial charge in [-0.2, -0.15) is 5.10 Å². The molecule has 0 bridgehead atoms. The Morgan fingerprint density at radius 3 is 3.00 bits per heavy atom. The molecule has 0 N–H and O–H groups in total. The van der Waals surface area contributed by atoms with Crippen molar-refractivity contribution in [2.24, 2.45) is 0 Å². The third-order valence-electron chi connectivity index (χ3n) is 3.77. The van der Waals surface area contributed by atoms with Crippen LogP contribution in [0.5, 0.6) is 5.88 Å². The Labute approximate surface area is 129 Å². The fourth-order valence-corrected chi connectivity index (χ4v) is 2.75. The minimum Gasteiger partial charge on any atom is -0.471 e. The molecule has 3 heterocycles. The van der Waals surface area contributed by atoms with Gasteiger partial charge >= 0.3 is 0 Å². The van der Waals surface area contributed by atoms with Gasteiger partial charge in [0.05, 0.1) is 12.1 Å². The van der Waals surface area contributed by atoms with Gasteiger partial charge in [-0.05, 0) is 38.8 Å². The van der Waals surface area contributed by atoms with Crippen molar-refractivity contribution in [1.82, 2.24) is 15.1 Å². The molecule has 0 radical (unpaired) electrons. The number of carbonyl (C=O) groups excluding carboxylic acids is 1. The number of rotatable bonds is 3. The number of piperidine rings is 1. The largest absolute Gasteiger partial charge is 0.471 e. The summed E-state index contributed by atoms with van der Waals surface area (Å²) in [5, 5.41) is 7.73. The number of aryl methyl sites for hydroxylation is 2. The molecule has 6 heteroatoms. The van der Waals surface area contributed by atoms with Gasteiger partial charge in [0.15, 0.2) is 0 Å². The molecule has 1 aliphatic heterocycles. The van der Waals surface area contributed by atoms with Crippen molar-refractivity contribution in [3.63, 3.8) is 0 Å². The predicted octanol–water partition coefficient (Wildman–Crippen LogP) is 2.37. The zero-order chi connectivity index (χ0) is 15.5. The van der Waals surface area contributed by atoms with Crippen molar-refractivity contribution >= 4 is 5.91 Å². The van der Waals surface area contributed by atoms with E-state index in [0.29, 0.717) is 23.7 Å². The van der Waals surface area contributed by atoms with Crippen LogP contribution in [-0.2, 0) is 0 Å². The maximum absolute atomic E-state index is 12.6. The summed E-state index contributed by atoms with van der Waals surface area (Å²) >= 11 is 0. The second kappa shape index (κ2) is 6.17. The highest BCUT2D eigenvalue weighted by Crippen LogP contribution is 2.21. The summed E-state index contributed by atoms with van der Waals surface area (Å²) in [5.41, 5.74) is 0.637. The fraction of sp³-hybridized carbons (Fsp3) is 0.438. The van der Waals surface area contributed by atoms with Crippen LogP contribution in [0.3, 0.4) is 0 Å². The van der Waals surface area contributed by atoms with Gasteiger partial charge in [-0.3, -0.25) is 4.79 Å². The number of hydrogen-bond donors (Lipinski definition) is 0. The molecule has 2 aromatic heterocycles. The van der Waals surface area contributed by atoms with E-state index in [1.807, 2.05) is 18.7 Å². The Bertz CT molecular complexity index is 654. The minimum atomic E-state index is -0.0531. The number of amides is 1. The van der Waals surface area contributed by atoms with Crippen molar-refractivity contribution in [3.05, 3.63) is 41.5 Å². The molecule has 0 unspecified atom stereocenters. The maximum Gasteiger partial charge on any atom is 0.257 e. The molecule has 0 aliphatic carbocycles. The van der Waals surface area contributed by atoms with Crippen molar-refractivity contribution in [2.75, 3.05) is 13.1 Å². The lowest BCUT2D eigenvalue weighted by Gasteiger charge is -2.32. The van der Waals surface area contributed by atoms with Gasteiger partial charge in [0.2, 0.25) is 5.88 Å². The number of likely N-dealkylation sites (tertiary alicyclic amines) is 1. The van der Waals surface area contributed by atoms with E-state index in [0.717, 1.165) is 25.1 Å². The van der Waals surface area contributed by atoms with E-state index in [1.165, 1.54) is 0 Å². The van der Waals surface area contributed by atoms with Crippen molar-refractivity contribution in [1.29, 1.82) is 0 Å². The zero-order valence-corrected chi connectivity index (χ0v) is 12.8. The highest BCUT2D eigenvalue weighted by molar-refractivity contribution is 5.95. The first-order valence-corrected chi connectivity index (χ1v) is 7.44. The second-order valence-corrected chi connectivity index (χ2v) is 5.52. The summed E-state index contributed by atoms with van der Waals surface area (Å²) in [6.07, 6.45) is 3.37. The van der Waals surface area contributed by atoms with E-state index < -0.39 is 0 Å². The third-order valence-corrected chi connectivity index (χ3v) is 3.77. The Kier molecular flexibility index (Phi) is 4.09. The zero-order valence-electron chi connectivity index (χ0n) is 12.8. The second-order valence-electron chi connectivity index (χ2n) is 5.52. The molecule has 0 aromatic carbocycles. The van der Waals surface area contributed by atoms with Crippen LogP contribution in [0.15, 0.2) is 28.8 Å². The van der Waals surface area contributed by atoms with E-state index in [4.69, 9.17) is 9.15 Å². The van der Waals surface area contributed by atoms with E-state index in [-0.39, 0.29) is 12.0 Å². The summed E-state index contributed by atoms with van der Waals surface area (Å²) in [6, 6.07) is 5.36. The summed E-state index contributed by atoms with van der Waals surface area (Å²) in [4.78, 5) is 14.4. The molecular weight excluding hydrogens is 282 g/mol. The topological polar surface area (TPSA) is 68.5 Å². The molecule has 116 valence electrons. The average Bonchev–Trinajstić information content (AvgIpc) is 2.86. The summed E-state index contributed by atoms with van der Waals surface area (Å²) < 4.78 is 11.3. The number of hydrogen-bond acceptors (Lipinski definition) is 5. The Hall–Kier alpha value is -2.37. The van der Waals surface area contributed by atoms with Gasteiger partial charge in [0, 0.05) is 18.8 Å². The molecule has 1 saturated heterocycles. The lowest BCUT2D eigenvalue weighted by Crippen LogP contribution is -2.44. The normalized spacial score (nSPS) is 18.3. The van der Waals surface area contributed by atoms with Gasteiger partial charge in [-0.1, -0.05) is 0 Å². The molecule has 1 atom stereocenters. The number of ether oxygens (including phenoxy) is 1. The van der Waals surface area contributed by atoms with Crippen molar-refractivity contribution in [3.8, 4) is 5.88 Å². The van der Waals surface area contributed by atoms with E-state index in [9.17, 15) is 4.79 Å². The van der Waals surface area contributed by atoms with Crippen molar-refractivity contribution in [2.45, 2.75) is 32.8 Å². The molecule has 1 amide bonds. The van der Waals surface area contributed by atoms with Gasteiger partial charge in [-0.15, -0.1) is 5.10 Å². The third kappa shape index (κ3) is 3.10. The van der Waals surface area contributed by atoms with Crippen LogP contribution < -0.4 is 4.74 Å². The summed E-state index contributed by atoms with van der Waals surface area (Å²) in [5.74, 6) is 1.92. The Balaban J connectivity index is 1.68. The van der Waals surface area contributed by atoms with Gasteiger partial charge in [0.25, 0.3) is 5.91 Å². The molecule has 0 saturated carbocycles. The molecular formula is C16H19N3O3. The van der Waals surface area contributed by atoms with Gasteiger partial charge in [0.1, 0.15) is 17.6 Å². The molecule has 1 fully saturated rings. The van der Waals surface area contributed by atoms with E-state index in [2.05, 4.69) is 10.2 Å². The molecule has 3 rings (SSSR count). The smallest absolute Gasteiger partial charge is 0.257 e. The fourth-order valence-electron chi connectivity index (χ4n) is 2.75. The monoisotopic (exact) mass is 301 g/mol. The number of aromatic nitrogens is 2. The van der Waals surface area contributed by atoms with Crippen LogP contribution in [0.1, 0.15) is 34.7 Å². The van der Waals surface area contributed by atoms with Crippen LogP contribution in [0.2, 0.25) is 0 Å². The molecule has 6 nitrogen and oxygen atoms in total. The van der Waals surface area contributed by atoms with Gasteiger partial charge < -0.3 is 14.1 Å². The highest BCUT2D eigenvalue weighted by Gasteiger charge is 2.27. The molecule has 2 aromatic rings. The van der Waals surface area contributed by atoms with Crippen molar-refractivity contribution < 1.29 is 13.9 Å². The van der Waals surface area contributed by atoms with Gasteiger partial charge in [-0.25, -0.2) is 0 Å². The quantitative estimate of drug-likeness (QED) is 0.870. The Morgan fingerprint density at radius 1 is 1.45 bits per heavy atom. The lowest BCUT2D eigenvalue weighted by atomic mass is 10.1. The molecule has 0 spiro atoms. The predicted molar refractivity (Wildman–Crippen MR) is 79.8 cm³/mol. The van der Waals surface area contributed by atoms with Crippen LogP contribution in [0, 0.1) is 13.8 Å². The standard InChI is InChI=1S/C16H19N3O3/c1-11-9-14(12(2)21-11)16(20)19-8-4-5-13(10-19)22-15-6-3-7-17-18-15/h3,6-7,9,13H,4-5,8,10H2,1-2H3/t13-/m1/s1. The van der Waals surface area contributed by atoms with E-state index >= 15 is 0 Å². The van der Waals surface area contributed by atoms with Crippen LogP contribution >= 0.6 is 0 Å². The number of furan rings is 1. The van der Waals surface area contributed by atoms with Crippen LogP contribution in [0.25, 0.3) is 0 Å². The number of nitrogens with zero attached hydrogens (tertiary/aromatic N) is 3. The summed E-state index contributed by atoms with van der Waals surface area (Å²) in [6.45, 7) is 4.96. The first kappa shape index (κ1) is 14.6. The lowest BCUT2D eigenvalue weighted by molar-refractivity contribution is 0.0524. The molecule has 1 aliphatic rings. The van der Waals surface area contributed by atoms with E-state index in [1.54, 1.807) is 24.4 Å². The average molecular weight is 301 g/mol. The number of carbonyl (C=O) groups is 1. The van der Waals surface area contributed by atoms with Crippen LogP contribution in [0.4, 0.5) is 0 Å². The SMILES string of the molecule is Cc1cc(C(=O)N2CCC[C@@H](Oc3cccnn3)C2)c(C)o1. The Morgan fingerprint density at radius 2 is 2.32 bits per heavy atom. The summed E-state index contributed by atoms with van der Waals surface area (Å²) in [7, 11) is 0. The minimum absolute atomic E-state index is 0.00166. The highest BCUT2D eigenvalue weighted by atomic mass is 16.5.